The number of imidazole rings is 1. The van der Waals surface area contributed by atoms with Crippen molar-refractivity contribution in [2.45, 2.75) is 51.9 Å². The molecule has 2 aliphatic heterocycles. The molecule has 0 spiro atoms. The highest BCUT2D eigenvalue weighted by atomic mass is 19.4. The Labute approximate surface area is 497 Å². The molecule has 0 radical (unpaired) electrons. The minimum absolute atomic E-state index is 0.0227. The third kappa shape index (κ3) is 12.0. The highest BCUT2D eigenvalue weighted by molar-refractivity contribution is 6.04. The molecule has 0 unspecified atom stereocenters. The lowest BCUT2D eigenvalue weighted by molar-refractivity contribution is -0.137. The Hall–Kier alpha value is -9.81. The molecule has 0 saturated carbocycles. The van der Waals surface area contributed by atoms with Crippen LogP contribution >= 0.6 is 0 Å². The van der Waals surface area contributed by atoms with Crippen molar-refractivity contribution in [2.75, 3.05) is 70.9 Å². The molecule has 0 bridgehead atoms. The van der Waals surface area contributed by atoms with E-state index in [4.69, 9.17) is 15.2 Å². The number of hydrogen-bond donors (Lipinski definition) is 4. The van der Waals surface area contributed by atoms with Gasteiger partial charge in [-0.25, -0.2) is 14.6 Å². The topological polar surface area (TPSA) is 245 Å². The molecule has 9 aromatic rings. The molecule has 2 aliphatic rings. The van der Waals surface area contributed by atoms with Crippen LogP contribution in [0, 0.1) is 0 Å². The van der Waals surface area contributed by atoms with Crippen molar-refractivity contribution in [1.82, 2.24) is 53.9 Å². The minimum atomic E-state index is -4.80. The van der Waals surface area contributed by atoms with E-state index in [1.807, 2.05) is 56.3 Å². The van der Waals surface area contributed by atoms with E-state index >= 15 is 13.2 Å². The van der Waals surface area contributed by atoms with E-state index in [1.165, 1.54) is 45.5 Å². The standard InChI is InChI=1S/C63H64F3N13O8/c1-6-68-59(82)58-72-71-57(47-32-45(37(2)3)53(80)33-54(47)81)79(58)42-13-7-39(8-14-42)36-74-21-23-76(24-22-74)60(83)49(67)29-38-9-16-44(17-10-38)87-62(85)77-27-25-75(26-28-77)51-19-15-43(31-48(51)63(64,65)66)78-56-46-30-40(41-12-20-55(86-5)70-34-41)11-18-50(46)69-35-52(56)73(4)61(78)84/h7-20,30-35,37,49,80-81H,6,21-29,36,67H2,1-5H3,(H,68,82)/t49-/m1/s1. The second-order valence-electron chi connectivity index (χ2n) is 21.9. The van der Waals surface area contributed by atoms with Crippen LogP contribution in [0.25, 0.3) is 55.8 Å². The van der Waals surface area contributed by atoms with Gasteiger partial charge in [0.25, 0.3) is 5.91 Å². The van der Waals surface area contributed by atoms with Crippen LogP contribution in [0.15, 0.2) is 126 Å². The third-order valence-corrected chi connectivity index (χ3v) is 16.0. The molecule has 6 heterocycles. The molecule has 3 amide bonds. The average molecular weight is 1190 g/mol. The predicted molar refractivity (Wildman–Crippen MR) is 321 cm³/mol. The molecule has 5 N–H and O–H groups in total. The fourth-order valence-corrected chi connectivity index (χ4v) is 11.3. The van der Waals surface area contributed by atoms with Crippen LogP contribution in [0.1, 0.15) is 59.6 Å². The van der Waals surface area contributed by atoms with Gasteiger partial charge in [-0.05, 0) is 108 Å². The number of ether oxygens (including phenoxy) is 2. The number of nitrogens with zero attached hydrogens (tertiary/aromatic N) is 11. The molecule has 1 atom stereocenters. The first-order chi connectivity index (χ1) is 41.8. The molecular weight excluding hydrogens is 1120 g/mol. The van der Waals surface area contributed by atoms with Crippen LogP contribution in [0.5, 0.6) is 23.1 Å². The van der Waals surface area contributed by atoms with Crippen molar-refractivity contribution in [1.29, 1.82) is 0 Å². The number of aromatic hydroxyl groups is 2. The monoisotopic (exact) mass is 1190 g/mol. The van der Waals surface area contributed by atoms with Crippen molar-refractivity contribution in [3.8, 4) is 57.0 Å². The summed E-state index contributed by atoms with van der Waals surface area (Å²) in [6.45, 7) is 9.04. The average Bonchev–Trinajstić information content (AvgIpc) is 1.79. The van der Waals surface area contributed by atoms with E-state index < -0.39 is 35.5 Å². The van der Waals surface area contributed by atoms with Crippen LogP contribution in [-0.4, -0.2) is 149 Å². The molecule has 21 nitrogen and oxygen atoms in total. The highest BCUT2D eigenvalue weighted by Gasteiger charge is 2.37. The smallest absolute Gasteiger partial charge is 0.418 e. The number of benzene rings is 5. The lowest BCUT2D eigenvalue weighted by Crippen LogP contribution is -2.53. The summed E-state index contributed by atoms with van der Waals surface area (Å²) >= 11 is 0. The maximum absolute atomic E-state index is 15.1. The second kappa shape index (κ2) is 24.3. The van der Waals surface area contributed by atoms with Gasteiger partial charge in [0.2, 0.25) is 17.6 Å². The van der Waals surface area contributed by atoms with Gasteiger partial charge in [-0.1, -0.05) is 44.2 Å². The summed E-state index contributed by atoms with van der Waals surface area (Å²) in [7, 11) is 3.06. The normalized spacial score (nSPS) is 14.5. The summed E-state index contributed by atoms with van der Waals surface area (Å²) in [5, 5.41) is 33.3. The van der Waals surface area contributed by atoms with Gasteiger partial charge in [0, 0.05) is 113 Å². The van der Waals surface area contributed by atoms with Crippen molar-refractivity contribution < 1.29 is 47.2 Å². The van der Waals surface area contributed by atoms with Gasteiger partial charge in [-0.2, -0.15) is 13.2 Å². The summed E-state index contributed by atoms with van der Waals surface area (Å²) in [5.41, 5.74) is 11.1. The molecule has 0 aliphatic carbocycles. The summed E-state index contributed by atoms with van der Waals surface area (Å²) < 4.78 is 60.4. The van der Waals surface area contributed by atoms with Gasteiger partial charge in [-0.15, -0.1) is 10.2 Å². The number of carbonyl (C=O) groups is 3. The number of rotatable bonds is 15. The molecule has 2 saturated heterocycles. The number of piperazine rings is 2. The first-order valence-electron chi connectivity index (χ1n) is 28.5. The zero-order valence-corrected chi connectivity index (χ0v) is 48.5. The maximum Gasteiger partial charge on any atom is 0.418 e. The molecule has 11 rings (SSSR count). The van der Waals surface area contributed by atoms with Crippen molar-refractivity contribution >= 4 is 45.5 Å². The lowest BCUT2D eigenvalue weighted by Gasteiger charge is -2.36. The number of fused-ring (bicyclic) bond motifs is 3. The number of pyridine rings is 2. The minimum Gasteiger partial charge on any atom is -0.508 e. The Morgan fingerprint density at radius 1 is 0.747 bits per heavy atom. The summed E-state index contributed by atoms with van der Waals surface area (Å²) in [4.78, 5) is 69.9. The van der Waals surface area contributed by atoms with Crippen molar-refractivity contribution in [2.24, 2.45) is 12.8 Å². The van der Waals surface area contributed by atoms with Gasteiger partial charge >= 0.3 is 18.0 Å². The Morgan fingerprint density at radius 3 is 2.10 bits per heavy atom. The Bertz CT molecular complexity index is 4110. The van der Waals surface area contributed by atoms with Crippen molar-refractivity contribution in [3.05, 3.63) is 160 Å². The Kier molecular flexibility index (Phi) is 16.5. The summed E-state index contributed by atoms with van der Waals surface area (Å²) in [5.74, 6) is -0.00272. The van der Waals surface area contributed by atoms with Crippen LogP contribution in [0.3, 0.4) is 0 Å². The van der Waals surface area contributed by atoms with Crippen LogP contribution in [0.4, 0.5) is 23.7 Å². The number of nitrogens with one attached hydrogen (secondary N) is 1. The van der Waals surface area contributed by atoms with E-state index in [1.54, 1.807) is 77.0 Å². The number of alkyl halides is 3. The van der Waals surface area contributed by atoms with Gasteiger partial charge < -0.3 is 45.4 Å². The molecule has 87 heavy (non-hydrogen) atoms. The second-order valence-corrected chi connectivity index (χ2v) is 21.9. The van der Waals surface area contributed by atoms with Gasteiger partial charge in [0.1, 0.15) is 17.2 Å². The lowest BCUT2D eigenvalue weighted by atomic mass is 9.98. The number of nitrogens with two attached hydrogens (primary N) is 1. The van der Waals surface area contributed by atoms with Gasteiger partial charge in [-0.3, -0.25) is 33.2 Å². The molecule has 24 heteroatoms. The van der Waals surface area contributed by atoms with Crippen LogP contribution in [-0.2, 0) is 31.0 Å². The zero-order chi connectivity index (χ0) is 61.4. The Morgan fingerprint density at radius 2 is 1.44 bits per heavy atom. The maximum atomic E-state index is 15.1. The zero-order valence-electron chi connectivity index (χ0n) is 48.5. The summed E-state index contributed by atoms with van der Waals surface area (Å²) in [6, 6.07) is 29.2. The SMILES string of the molecule is CCNC(=O)c1nnc(-c2cc(C(C)C)c(O)cc2O)n1-c1ccc(CN2CCN(C(=O)[C@H](N)Cc3ccc(OC(=O)N4CCN(c5ccc(-n6c(=O)n(C)c7cnc8ccc(-c9ccc(OC)nc9)cc8c76)cc5C(F)(F)F)CC4)cc3)CC2)cc1. The molecule has 2 fully saturated rings. The number of methoxy groups -OCH3 is 1. The van der Waals surface area contributed by atoms with Gasteiger partial charge in [0.05, 0.1) is 52.7 Å². The number of anilines is 1. The van der Waals surface area contributed by atoms with E-state index in [-0.39, 0.29) is 84.7 Å². The van der Waals surface area contributed by atoms with E-state index in [9.17, 15) is 29.4 Å². The molecule has 450 valence electrons. The van der Waals surface area contributed by atoms with E-state index in [0.717, 1.165) is 28.3 Å². The number of carbonyl (C=O) groups excluding carboxylic acids is 3. The largest absolute Gasteiger partial charge is 0.508 e. The number of phenols is 2. The fourth-order valence-electron chi connectivity index (χ4n) is 11.3. The number of phenolic OH excluding ortho intramolecular Hbond substituents is 2. The predicted octanol–water partition coefficient (Wildman–Crippen LogP) is 8.03. The third-order valence-electron chi connectivity index (χ3n) is 16.0. The highest BCUT2D eigenvalue weighted by Crippen LogP contribution is 2.41. The molecular formula is C63H64F3N13O8. The van der Waals surface area contributed by atoms with E-state index in [0.29, 0.717) is 83.9 Å². The first-order valence-corrected chi connectivity index (χ1v) is 28.5. The summed E-state index contributed by atoms with van der Waals surface area (Å²) in [6.07, 6.45) is -2.05. The van der Waals surface area contributed by atoms with Gasteiger partial charge in [0.15, 0.2) is 5.82 Å². The first kappa shape index (κ1) is 58.9. The Balaban J connectivity index is 0.680. The van der Waals surface area contributed by atoms with Crippen molar-refractivity contribution in [3.63, 3.8) is 0 Å². The van der Waals surface area contributed by atoms with E-state index in [2.05, 4.69) is 30.4 Å². The van der Waals surface area contributed by atoms with Crippen LogP contribution in [0.2, 0.25) is 0 Å². The number of aryl methyl sites for hydroxylation is 1. The quantitative estimate of drug-likeness (QED) is 0.0759. The molecule has 4 aromatic heterocycles. The fraction of sp³-hybridized carbons (Fsp3) is 0.302. The number of hydrogen-bond acceptors (Lipinski definition) is 15. The molecule has 5 aromatic carbocycles. The number of aromatic nitrogens is 7. The number of amides is 3. The van der Waals surface area contributed by atoms with Crippen LogP contribution < -0.4 is 31.1 Å². The number of halogens is 3.